The van der Waals surface area contributed by atoms with E-state index in [-0.39, 0.29) is 23.8 Å². The van der Waals surface area contributed by atoms with Gasteiger partial charge in [0.15, 0.2) is 0 Å². The van der Waals surface area contributed by atoms with Gasteiger partial charge in [-0.25, -0.2) is 0 Å². The van der Waals surface area contributed by atoms with Gasteiger partial charge >= 0.3 is 0 Å². The van der Waals surface area contributed by atoms with E-state index in [1.165, 1.54) is 22.5 Å². The van der Waals surface area contributed by atoms with Crippen LogP contribution in [0, 0.1) is 0 Å². The second-order valence-corrected chi connectivity index (χ2v) is 8.46. The molecule has 5 nitrogen and oxygen atoms in total. The van der Waals surface area contributed by atoms with Crippen LogP contribution in [0.15, 0.2) is 41.8 Å². The standard InChI is InChI=1S/C21H27N3O2S/c1-21(2,24-12-10-16-6-3-4-7-17(16)14-24)15-23-19(25)9-11-22-20(26)18-8-5-13-27-18/h3-8,13H,9-12,14-15H2,1-2H3,(H,22,26)(H,23,25). The van der Waals surface area contributed by atoms with Crippen LogP contribution in [0.1, 0.15) is 41.1 Å². The average molecular weight is 386 g/mol. The molecule has 2 amide bonds. The van der Waals surface area contributed by atoms with Gasteiger partial charge in [0.2, 0.25) is 5.91 Å². The van der Waals surface area contributed by atoms with E-state index >= 15 is 0 Å². The Bertz CT molecular complexity index is 786. The lowest BCUT2D eigenvalue weighted by Crippen LogP contribution is -2.53. The highest BCUT2D eigenvalue weighted by atomic mass is 32.1. The summed E-state index contributed by atoms with van der Waals surface area (Å²) in [4.78, 5) is 27.1. The molecule has 2 heterocycles. The molecule has 0 unspecified atom stereocenters. The Hall–Kier alpha value is -2.18. The summed E-state index contributed by atoms with van der Waals surface area (Å²) in [5.74, 6) is -0.155. The first-order chi connectivity index (χ1) is 13.0. The molecule has 0 saturated carbocycles. The zero-order chi connectivity index (χ0) is 19.3. The SMILES string of the molecule is CC(C)(CNC(=O)CCNC(=O)c1cccs1)N1CCc2ccccc2C1. The molecule has 0 saturated heterocycles. The molecule has 1 aromatic heterocycles. The van der Waals surface area contributed by atoms with E-state index in [1.807, 2.05) is 11.4 Å². The van der Waals surface area contributed by atoms with Crippen LogP contribution in [-0.4, -0.2) is 41.9 Å². The maximum atomic E-state index is 12.2. The van der Waals surface area contributed by atoms with E-state index in [0.29, 0.717) is 18.0 Å². The second kappa shape index (κ2) is 8.67. The van der Waals surface area contributed by atoms with Crippen LogP contribution >= 0.6 is 11.3 Å². The van der Waals surface area contributed by atoms with E-state index in [2.05, 4.69) is 53.6 Å². The fraction of sp³-hybridized carbons (Fsp3) is 0.429. The first-order valence-electron chi connectivity index (χ1n) is 9.36. The first kappa shape index (κ1) is 19.6. The highest BCUT2D eigenvalue weighted by Gasteiger charge is 2.29. The van der Waals surface area contributed by atoms with Gasteiger partial charge < -0.3 is 10.6 Å². The summed E-state index contributed by atoms with van der Waals surface area (Å²) in [7, 11) is 0. The van der Waals surface area contributed by atoms with Crippen molar-refractivity contribution >= 4 is 23.2 Å². The highest BCUT2D eigenvalue weighted by Crippen LogP contribution is 2.24. The van der Waals surface area contributed by atoms with E-state index in [4.69, 9.17) is 0 Å². The van der Waals surface area contributed by atoms with Crippen LogP contribution in [0.25, 0.3) is 0 Å². The molecule has 1 aliphatic heterocycles. The third-order valence-electron chi connectivity index (χ3n) is 5.09. The fourth-order valence-electron chi connectivity index (χ4n) is 3.31. The highest BCUT2D eigenvalue weighted by molar-refractivity contribution is 7.12. The van der Waals surface area contributed by atoms with Crippen LogP contribution in [0.2, 0.25) is 0 Å². The molecule has 0 fully saturated rings. The topological polar surface area (TPSA) is 61.4 Å². The van der Waals surface area contributed by atoms with Gasteiger partial charge in [-0.3, -0.25) is 14.5 Å². The molecule has 2 aromatic rings. The average Bonchev–Trinajstić information content (AvgIpc) is 3.21. The van der Waals surface area contributed by atoms with Crippen molar-refractivity contribution in [3.05, 3.63) is 57.8 Å². The Morgan fingerprint density at radius 2 is 1.89 bits per heavy atom. The minimum atomic E-state index is -0.122. The number of thiophene rings is 1. The summed E-state index contributed by atoms with van der Waals surface area (Å²) in [6.07, 6.45) is 1.33. The van der Waals surface area contributed by atoms with Crippen molar-refractivity contribution in [2.24, 2.45) is 0 Å². The second-order valence-electron chi connectivity index (χ2n) is 7.51. The minimum absolute atomic E-state index is 0.0352. The van der Waals surface area contributed by atoms with Gasteiger partial charge in [0.25, 0.3) is 5.91 Å². The van der Waals surface area contributed by atoms with Gasteiger partial charge in [-0.2, -0.15) is 0 Å². The third kappa shape index (κ3) is 5.17. The Balaban J connectivity index is 1.42. The summed E-state index contributed by atoms with van der Waals surface area (Å²) >= 11 is 1.40. The lowest BCUT2D eigenvalue weighted by atomic mass is 9.94. The molecule has 6 heteroatoms. The molecule has 0 bridgehead atoms. The van der Waals surface area contributed by atoms with Gasteiger partial charge in [0.05, 0.1) is 4.88 Å². The molecule has 144 valence electrons. The zero-order valence-corrected chi connectivity index (χ0v) is 16.8. The molecule has 0 atom stereocenters. The molecule has 3 rings (SSSR count). The summed E-state index contributed by atoms with van der Waals surface area (Å²) in [5, 5.41) is 7.67. The smallest absolute Gasteiger partial charge is 0.261 e. The predicted molar refractivity (Wildman–Crippen MR) is 109 cm³/mol. The van der Waals surface area contributed by atoms with Crippen molar-refractivity contribution < 1.29 is 9.59 Å². The Kier molecular flexibility index (Phi) is 6.29. The number of rotatable bonds is 7. The number of carbonyl (C=O) groups excluding carboxylic acids is 2. The summed E-state index contributed by atoms with van der Waals surface area (Å²) in [6.45, 7) is 7.18. The van der Waals surface area contributed by atoms with Gasteiger partial charge in [0.1, 0.15) is 0 Å². The Morgan fingerprint density at radius 3 is 2.63 bits per heavy atom. The first-order valence-corrected chi connectivity index (χ1v) is 10.2. The van der Waals surface area contributed by atoms with Crippen LogP contribution in [0.3, 0.4) is 0 Å². The molecule has 27 heavy (non-hydrogen) atoms. The Labute approximate surface area is 164 Å². The number of carbonyl (C=O) groups is 2. The van der Waals surface area contributed by atoms with Crippen molar-refractivity contribution in [1.29, 1.82) is 0 Å². The summed E-state index contributed by atoms with van der Waals surface area (Å²) < 4.78 is 0. The molecule has 1 aliphatic rings. The largest absolute Gasteiger partial charge is 0.354 e. The quantitative estimate of drug-likeness (QED) is 0.770. The van der Waals surface area contributed by atoms with E-state index in [1.54, 1.807) is 6.07 Å². The maximum absolute atomic E-state index is 12.2. The number of benzene rings is 1. The summed E-state index contributed by atoms with van der Waals surface area (Å²) in [6, 6.07) is 12.2. The molecular formula is C21H27N3O2S. The third-order valence-corrected chi connectivity index (χ3v) is 5.96. The van der Waals surface area contributed by atoms with Crippen LogP contribution in [0.5, 0.6) is 0 Å². The summed E-state index contributed by atoms with van der Waals surface area (Å²) in [5.41, 5.74) is 2.68. The molecule has 1 aromatic carbocycles. The van der Waals surface area contributed by atoms with Crippen LogP contribution in [0.4, 0.5) is 0 Å². The molecular weight excluding hydrogens is 358 g/mol. The van der Waals surface area contributed by atoms with E-state index in [9.17, 15) is 9.59 Å². The van der Waals surface area contributed by atoms with Crippen molar-refractivity contribution in [3.8, 4) is 0 Å². The number of nitrogens with zero attached hydrogens (tertiary/aromatic N) is 1. The normalized spacial score (nSPS) is 14.4. The number of hydrogen-bond acceptors (Lipinski definition) is 4. The van der Waals surface area contributed by atoms with Crippen LogP contribution < -0.4 is 10.6 Å². The fourth-order valence-corrected chi connectivity index (χ4v) is 3.95. The molecule has 2 N–H and O–H groups in total. The van der Waals surface area contributed by atoms with Crippen molar-refractivity contribution in [1.82, 2.24) is 15.5 Å². The lowest BCUT2D eigenvalue weighted by Gasteiger charge is -2.41. The lowest BCUT2D eigenvalue weighted by molar-refractivity contribution is -0.121. The van der Waals surface area contributed by atoms with Gasteiger partial charge in [-0.1, -0.05) is 30.3 Å². The zero-order valence-electron chi connectivity index (χ0n) is 16.0. The molecule has 0 spiro atoms. The number of nitrogens with one attached hydrogen (secondary N) is 2. The number of amides is 2. The number of hydrogen-bond donors (Lipinski definition) is 2. The van der Waals surface area contributed by atoms with Crippen molar-refractivity contribution in [2.45, 2.75) is 38.8 Å². The number of fused-ring (bicyclic) bond motifs is 1. The predicted octanol–water partition coefficient (Wildman–Crippen LogP) is 2.82. The molecule has 0 radical (unpaired) electrons. The van der Waals surface area contributed by atoms with E-state index in [0.717, 1.165) is 19.5 Å². The van der Waals surface area contributed by atoms with E-state index < -0.39 is 0 Å². The monoisotopic (exact) mass is 385 g/mol. The molecule has 0 aliphatic carbocycles. The minimum Gasteiger partial charge on any atom is -0.354 e. The van der Waals surface area contributed by atoms with Crippen LogP contribution in [-0.2, 0) is 17.8 Å². The Morgan fingerprint density at radius 1 is 1.11 bits per heavy atom. The van der Waals surface area contributed by atoms with Crippen molar-refractivity contribution in [3.63, 3.8) is 0 Å². The van der Waals surface area contributed by atoms with Gasteiger partial charge in [-0.15, -0.1) is 11.3 Å². The van der Waals surface area contributed by atoms with Gasteiger partial charge in [0, 0.05) is 38.1 Å². The maximum Gasteiger partial charge on any atom is 0.261 e. The van der Waals surface area contributed by atoms with Gasteiger partial charge in [-0.05, 0) is 42.8 Å². The van der Waals surface area contributed by atoms with Crippen molar-refractivity contribution in [2.75, 3.05) is 19.6 Å².